The van der Waals surface area contributed by atoms with Crippen molar-refractivity contribution in [2.45, 2.75) is 18.5 Å². The van der Waals surface area contributed by atoms with Crippen LogP contribution in [0.4, 0.5) is 5.69 Å². The molecule has 0 aliphatic carbocycles. The summed E-state index contributed by atoms with van der Waals surface area (Å²) >= 11 is 6.24. The molecule has 1 fully saturated rings. The van der Waals surface area contributed by atoms with Crippen molar-refractivity contribution in [2.24, 2.45) is 0 Å². The fourth-order valence-corrected chi connectivity index (χ4v) is 5.97. The molecule has 6 heteroatoms. The minimum Gasteiger partial charge on any atom is -0.467 e. The first kappa shape index (κ1) is 23.8. The van der Waals surface area contributed by atoms with E-state index in [9.17, 15) is 4.79 Å². The fourth-order valence-electron chi connectivity index (χ4n) is 5.78. The highest BCUT2D eigenvalue weighted by Gasteiger charge is 2.42. The molecule has 5 nitrogen and oxygen atoms in total. The van der Waals surface area contributed by atoms with E-state index in [1.165, 1.54) is 5.69 Å². The Morgan fingerprint density at radius 1 is 0.838 bits per heavy atom. The molecule has 1 saturated heterocycles. The number of anilines is 1. The summed E-state index contributed by atoms with van der Waals surface area (Å²) in [6.07, 6.45) is 1.71. The Labute approximate surface area is 222 Å². The van der Waals surface area contributed by atoms with Crippen molar-refractivity contribution in [3.05, 3.63) is 125 Å². The smallest absolute Gasteiger partial charge is 0.255 e. The standard InChI is InChI=1S/C31H30ClN3O2/c32-24-10-6-11-25(20-24)34-17-15-33(16-18-34)22-28-26-12-4-5-13-27(26)31(36)35(21-23-8-2-1-3-9-23)30(28)29-14-7-19-37-29/h1-14,19-20,28,30H,15-18,21-22H2/t28-,30-/m0/s1. The molecular weight excluding hydrogens is 482 g/mol. The monoisotopic (exact) mass is 511 g/mol. The van der Waals surface area contributed by atoms with Crippen LogP contribution in [0.3, 0.4) is 0 Å². The van der Waals surface area contributed by atoms with Gasteiger partial charge in [-0.2, -0.15) is 0 Å². The van der Waals surface area contributed by atoms with Crippen LogP contribution in [0.1, 0.15) is 39.2 Å². The second-order valence-electron chi connectivity index (χ2n) is 9.84. The molecule has 4 aromatic rings. The third-order valence-corrected chi connectivity index (χ3v) is 7.83. The number of piperazine rings is 1. The van der Waals surface area contributed by atoms with Gasteiger partial charge in [-0.05, 0) is 47.5 Å². The molecule has 3 heterocycles. The van der Waals surface area contributed by atoms with Crippen LogP contribution in [0.15, 0.2) is 102 Å². The predicted octanol–water partition coefficient (Wildman–Crippen LogP) is 6.24. The first-order valence-corrected chi connectivity index (χ1v) is 13.3. The van der Waals surface area contributed by atoms with E-state index < -0.39 is 0 Å². The Kier molecular flexibility index (Phi) is 6.73. The molecule has 6 rings (SSSR count). The van der Waals surface area contributed by atoms with E-state index in [1.807, 2.05) is 71.6 Å². The van der Waals surface area contributed by atoms with E-state index in [2.05, 4.69) is 34.1 Å². The first-order valence-electron chi connectivity index (χ1n) is 12.9. The summed E-state index contributed by atoms with van der Waals surface area (Å²) in [7, 11) is 0. The number of hydrogen-bond donors (Lipinski definition) is 0. The van der Waals surface area contributed by atoms with Gasteiger partial charge in [0.15, 0.2) is 0 Å². The number of furan rings is 1. The summed E-state index contributed by atoms with van der Waals surface area (Å²) in [6.45, 7) is 5.16. The van der Waals surface area contributed by atoms with E-state index in [0.717, 1.165) is 60.2 Å². The molecule has 0 radical (unpaired) electrons. The number of carbonyl (C=O) groups excluding carboxylic acids is 1. The molecule has 2 aliphatic rings. The van der Waals surface area contributed by atoms with Crippen LogP contribution in [-0.4, -0.2) is 48.4 Å². The van der Waals surface area contributed by atoms with Gasteiger partial charge in [0.1, 0.15) is 5.76 Å². The topological polar surface area (TPSA) is 39.9 Å². The van der Waals surface area contributed by atoms with E-state index >= 15 is 0 Å². The number of carbonyl (C=O) groups is 1. The van der Waals surface area contributed by atoms with Gasteiger partial charge in [0.2, 0.25) is 0 Å². The highest BCUT2D eigenvalue weighted by Crippen LogP contribution is 2.44. The highest BCUT2D eigenvalue weighted by atomic mass is 35.5. The number of amides is 1. The highest BCUT2D eigenvalue weighted by molar-refractivity contribution is 6.30. The summed E-state index contributed by atoms with van der Waals surface area (Å²) in [6, 6.07) is 30.1. The lowest BCUT2D eigenvalue weighted by Gasteiger charge is -2.44. The molecule has 188 valence electrons. The van der Waals surface area contributed by atoms with Gasteiger partial charge in [0.25, 0.3) is 5.91 Å². The second kappa shape index (κ2) is 10.4. The number of benzene rings is 3. The Morgan fingerprint density at radius 2 is 1.62 bits per heavy atom. The molecule has 0 bridgehead atoms. The lowest BCUT2D eigenvalue weighted by Crippen LogP contribution is -2.50. The van der Waals surface area contributed by atoms with Gasteiger partial charge in [-0.3, -0.25) is 9.69 Å². The minimum atomic E-state index is -0.177. The van der Waals surface area contributed by atoms with Gasteiger partial charge in [0.05, 0.1) is 12.3 Å². The van der Waals surface area contributed by atoms with Crippen molar-refractivity contribution in [3.8, 4) is 0 Å². The maximum Gasteiger partial charge on any atom is 0.255 e. The van der Waals surface area contributed by atoms with Gasteiger partial charge in [-0.1, -0.05) is 66.2 Å². The Balaban J connectivity index is 1.30. The van der Waals surface area contributed by atoms with Crippen LogP contribution in [0.5, 0.6) is 0 Å². The average Bonchev–Trinajstić information content (AvgIpc) is 3.47. The third-order valence-electron chi connectivity index (χ3n) is 7.60. The van der Waals surface area contributed by atoms with Crippen molar-refractivity contribution < 1.29 is 9.21 Å². The van der Waals surface area contributed by atoms with Gasteiger partial charge in [0, 0.05) is 61.5 Å². The predicted molar refractivity (Wildman–Crippen MR) is 147 cm³/mol. The van der Waals surface area contributed by atoms with Crippen molar-refractivity contribution in [1.29, 1.82) is 0 Å². The zero-order valence-electron chi connectivity index (χ0n) is 20.7. The van der Waals surface area contributed by atoms with E-state index in [-0.39, 0.29) is 17.9 Å². The molecule has 0 saturated carbocycles. The van der Waals surface area contributed by atoms with Crippen molar-refractivity contribution in [2.75, 3.05) is 37.6 Å². The maximum absolute atomic E-state index is 13.8. The van der Waals surface area contributed by atoms with Crippen LogP contribution < -0.4 is 4.90 Å². The van der Waals surface area contributed by atoms with Gasteiger partial charge < -0.3 is 14.2 Å². The number of hydrogen-bond acceptors (Lipinski definition) is 4. The molecule has 1 aromatic heterocycles. The molecule has 1 amide bonds. The molecule has 2 aliphatic heterocycles. The van der Waals surface area contributed by atoms with E-state index in [0.29, 0.717) is 6.54 Å². The van der Waals surface area contributed by atoms with Crippen molar-refractivity contribution in [1.82, 2.24) is 9.80 Å². The molecule has 3 aromatic carbocycles. The SMILES string of the molecule is O=C1c2ccccc2[C@H](CN2CCN(c3cccc(Cl)c3)CC2)[C@@H](c2ccco2)N1Cc1ccccc1. The van der Waals surface area contributed by atoms with Gasteiger partial charge in [-0.25, -0.2) is 0 Å². The summed E-state index contributed by atoms with van der Waals surface area (Å²) in [4.78, 5) is 20.8. The average molecular weight is 512 g/mol. The summed E-state index contributed by atoms with van der Waals surface area (Å²) < 4.78 is 5.98. The lowest BCUT2D eigenvalue weighted by atomic mass is 9.81. The first-order chi connectivity index (χ1) is 18.2. The van der Waals surface area contributed by atoms with Crippen LogP contribution in [-0.2, 0) is 6.54 Å². The lowest BCUT2D eigenvalue weighted by molar-refractivity contribution is 0.0517. The van der Waals surface area contributed by atoms with E-state index in [4.69, 9.17) is 16.0 Å². The second-order valence-corrected chi connectivity index (χ2v) is 10.3. The van der Waals surface area contributed by atoms with E-state index in [1.54, 1.807) is 6.26 Å². The number of halogens is 1. The molecule has 0 spiro atoms. The van der Waals surface area contributed by atoms with Crippen LogP contribution in [0.25, 0.3) is 0 Å². The Bertz CT molecular complexity index is 1350. The Morgan fingerprint density at radius 3 is 2.38 bits per heavy atom. The summed E-state index contributed by atoms with van der Waals surface area (Å²) in [5, 5.41) is 0.767. The molecule has 37 heavy (non-hydrogen) atoms. The number of fused-ring (bicyclic) bond motifs is 1. The molecule has 0 N–H and O–H groups in total. The van der Waals surface area contributed by atoms with Gasteiger partial charge in [-0.15, -0.1) is 0 Å². The summed E-state index contributed by atoms with van der Waals surface area (Å²) in [5.41, 5.74) is 4.18. The number of nitrogens with zero attached hydrogens (tertiary/aromatic N) is 3. The Hall–Kier alpha value is -3.54. The largest absolute Gasteiger partial charge is 0.467 e. The van der Waals surface area contributed by atoms with Crippen molar-refractivity contribution >= 4 is 23.2 Å². The molecule has 0 unspecified atom stereocenters. The maximum atomic E-state index is 13.8. The normalized spacial score (nSPS) is 20.2. The fraction of sp³-hybridized carbons (Fsp3) is 0.258. The summed E-state index contributed by atoms with van der Waals surface area (Å²) in [5.74, 6) is 0.991. The molecular formula is C31H30ClN3O2. The van der Waals surface area contributed by atoms with Crippen molar-refractivity contribution in [3.63, 3.8) is 0 Å². The van der Waals surface area contributed by atoms with Crippen LogP contribution in [0.2, 0.25) is 5.02 Å². The van der Waals surface area contributed by atoms with Crippen LogP contribution >= 0.6 is 11.6 Å². The third kappa shape index (κ3) is 4.89. The van der Waals surface area contributed by atoms with Crippen LogP contribution in [0, 0.1) is 0 Å². The zero-order valence-corrected chi connectivity index (χ0v) is 21.4. The number of rotatable bonds is 6. The minimum absolute atomic E-state index is 0.0582. The zero-order chi connectivity index (χ0) is 25.2. The van der Waals surface area contributed by atoms with Gasteiger partial charge >= 0.3 is 0 Å². The quantitative estimate of drug-likeness (QED) is 0.307. The molecule has 2 atom stereocenters.